The molecule has 0 aliphatic rings. The lowest BCUT2D eigenvalue weighted by atomic mass is 10.3. The highest BCUT2D eigenvalue weighted by Crippen LogP contribution is 1.94. The second-order valence-corrected chi connectivity index (χ2v) is 2.46. The van der Waals surface area contributed by atoms with Gasteiger partial charge in [-0.05, 0) is 6.42 Å². The number of rotatable bonds is 6. The molecule has 0 heterocycles. The normalized spacial score (nSPS) is 10.8. The molecule has 0 radical (unpaired) electrons. The van der Waals surface area contributed by atoms with E-state index in [9.17, 15) is 0 Å². The summed E-state index contributed by atoms with van der Waals surface area (Å²) in [5, 5.41) is 17.5. The monoisotopic (exact) mass is 159 g/mol. The molecule has 0 rings (SSSR count). The first-order chi connectivity index (χ1) is 5.31. The Balaban J connectivity index is 3.15. The lowest BCUT2D eigenvalue weighted by Crippen LogP contribution is -2.10. The van der Waals surface area contributed by atoms with E-state index >= 15 is 0 Å². The Bertz CT molecular complexity index is 106. The van der Waals surface area contributed by atoms with Crippen molar-refractivity contribution in [3.05, 3.63) is 0 Å². The Morgan fingerprint density at radius 1 is 1.36 bits per heavy atom. The van der Waals surface area contributed by atoms with Crippen LogP contribution in [-0.2, 0) is 0 Å². The van der Waals surface area contributed by atoms with Gasteiger partial charge in [0.25, 0.3) is 0 Å². The predicted octanol–water partition coefficient (Wildman–Crippen LogP) is 1.43. The zero-order chi connectivity index (χ0) is 8.53. The van der Waals surface area contributed by atoms with Gasteiger partial charge in [-0.3, -0.25) is 5.01 Å². The first-order valence-electron chi connectivity index (χ1n) is 4.00. The summed E-state index contributed by atoms with van der Waals surface area (Å²) in [4.78, 5) is 0. The minimum atomic E-state index is -0.0721. The van der Waals surface area contributed by atoms with Crippen LogP contribution in [0.15, 0.2) is 10.3 Å². The molecular weight excluding hydrogens is 142 g/mol. The van der Waals surface area contributed by atoms with Gasteiger partial charge in [-0.2, -0.15) is 5.11 Å². The second kappa shape index (κ2) is 7.47. The zero-order valence-electron chi connectivity index (χ0n) is 7.32. The largest absolute Gasteiger partial charge is 0.375 e. The van der Waals surface area contributed by atoms with Crippen LogP contribution in [0.25, 0.3) is 0 Å². The number of unbranched alkanes of at least 4 members (excludes halogenated alkanes) is 2. The highest BCUT2D eigenvalue weighted by atomic mass is 16.3. The van der Waals surface area contributed by atoms with Gasteiger partial charge in [0, 0.05) is 7.05 Å². The van der Waals surface area contributed by atoms with E-state index in [-0.39, 0.29) is 6.73 Å². The lowest BCUT2D eigenvalue weighted by Gasteiger charge is -2.04. The average molecular weight is 159 g/mol. The van der Waals surface area contributed by atoms with E-state index in [1.165, 1.54) is 17.9 Å². The summed E-state index contributed by atoms with van der Waals surface area (Å²) >= 11 is 0. The topological polar surface area (TPSA) is 48.2 Å². The van der Waals surface area contributed by atoms with Crippen molar-refractivity contribution in [2.45, 2.75) is 26.2 Å². The first kappa shape index (κ1) is 10.4. The molecule has 0 aromatic rings. The van der Waals surface area contributed by atoms with E-state index in [4.69, 9.17) is 5.11 Å². The van der Waals surface area contributed by atoms with E-state index in [1.54, 1.807) is 7.05 Å². The van der Waals surface area contributed by atoms with Gasteiger partial charge in [0.15, 0.2) is 0 Å². The molecule has 0 aliphatic carbocycles. The van der Waals surface area contributed by atoms with Crippen LogP contribution in [0.1, 0.15) is 26.2 Å². The summed E-state index contributed by atoms with van der Waals surface area (Å²) in [6.07, 6.45) is 3.48. The maximum Gasteiger partial charge on any atom is 0.133 e. The van der Waals surface area contributed by atoms with E-state index in [1.807, 2.05) is 0 Å². The minimum Gasteiger partial charge on any atom is -0.375 e. The molecule has 0 aromatic carbocycles. The van der Waals surface area contributed by atoms with Crippen LogP contribution in [0.5, 0.6) is 0 Å². The van der Waals surface area contributed by atoms with Crippen molar-refractivity contribution in [1.29, 1.82) is 0 Å². The quantitative estimate of drug-likeness (QED) is 0.276. The van der Waals surface area contributed by atoms with Gasteiger partial charge >= 0.3 is 0 Å². The molecule has 4 heteroatoms. The van der Waals surface area contributed by atoms with E-state index in [0.29, 0.717) is 0 Å². The third-order valence-corrected chi connectivity index (χ3v) is 1.28. The van der Waals surface area contributed by atoms with Crippen LogP contribution < -0.4 is 0 Å². The van der Waals surface area contributed by atoms with Crippen molar-refractivity contribution in [1.82, 2.24) is 5.01 Å². The number of nitrogens with zero attached hydrogens (tertiary/aromatic N) is 3. The van der Waals surface area contributed by atoms with Gasteiger partial charge in [0.2, 0.25) is 0 Å². The molecule has 0 fully saturated rings. The summed E-state index contributed by atoms with van der Waals surface area (Å²) in [5.74, 6) is 0. The second-order valence-electron chi connectivity index (χ2n) is 2.46. The Kier molecular flexibility index (Phi) is 7.03. The van der Waals surface area contributed by atoms with Gasteiger partial charge < -0.3 is 5.11 Å². The van der Waals surface area contributed by atoms with E-state index in [0.717, 1.165) is 13.0 Å². The van der Waals surface area contributed by atoms with Crippen LogP contribution in [0.4, 0.5) is 0 Å². The fourth-order valence-corrected chi connectivity index (χ4v) is 0.613. The van der Waals surface area contributed by atoms with Crippen LogP contribution in [0.2, 0.25) is 0 Å². The molecule has 0 amide bonds. The molecule has 0 saturated heterocycles. The molecule has 0 aliphatic heterocycles. The SMILES string of the molecule is CCCCCN=NN(C)CO. The van der Waals surface area contributed by atoms with Gasteiger partial charge in [0.1, 0.15) is 6.73 Å². The molecule has 0 spiro atoms. The van der Waals surface area contributed by atoms with Crippen LogP contribution in [0.3, 0.4) is 0 Å². The maximum absolute atomic E-state index is 8.51. The third-order valence-electron chi connectivity index (χ3n) is 1.28. The number of aliphatic hydroxyl groups is 1. The van der Waals surface area contributed by atoms with E-state index < -0.39 is 0 Å². The smallest absolute Gasteiger partial charge is 0.133 e. The van der Waals surface area contributed by atoms with E-state index in [2.05, 4.69) is 17.3 Å². The molecule has 4 nitrogen and oxygen atoms in total. The van der Waals surface area contributed by atoms with Crippen molar-refractivity contribution in [2.24, 2.45) is 10.3 Å². The third kappa shape index (κ3) is 7.25. The fourth-order valence-electron chi connectivity index (χ4n) is 0.613. The maximum atomic E-state index is 8.51. The van der Waals surface area contributed by atoms with Crippen LogP contribution in [0, 0.1) is 0 Å². The molecule has 1 N–H and O–H groups in total. The highest BCUT2D eigenvalue weighted by Gasteiger charge is 1.86. The average Bonchev–Trinajstić information content (AvgIpc) is 2.04. The molecule has 0 unspecified atom stereocenters. The fraction of sp³-hybridized carbons (Fsp3) is 1.00. The van der Waals surface area contributed by atoms with Gasteiger partial charge in [-0.25, -0.2) is 0 Å². The molecule has 0 bridgehead atoms. The van der Waals surface area contributed by atoms with Crippen LogP contribution in [-0.4, -0.2) is 30.4 Å². The van der Waals surface area contributed by atoms with Crippen molar-refractivity contribution in [2.75, 3.05) is 20.3 Å². The number of hydrogen-bond acceptors (Lipinski definition) is 3. The number of hydrogen-bond donors (Lipinski definition) is 1. The standard InChI is InChI=1S/C7H17N3O/c1-3-4-5-6-8-9-10(2)7-11/h11H,3-7H2,1-2H3. The Labute approximate surface area is 67.9 Å². The Morgan fingerprint density at radius 2 is 2.09 bits per heavy atom. The molecule has 66 valence electrons. The minimum absolute atomic E-state index is 0.0721. The summed E-state index contributed by atoms with van der Waals surface area (Å²) in [5.41, 5.74) is 0. The summed E-state index contributed by atoms with van der Waals surface area (Å²) in [6, 6.07) is 0. The zero-order valence-corrected chi connectivity index (χ0v) is 7.32. The van der Waals surface area contributed by atoms with Crippen molar-refractivity contribution in [3.8, 4) is 0 Å². The summed E-state index contributed by atoms with van der Waals surface area (Å²) in [7, 11) is 1.68. The van der Waals surface area contributed by atoms with Crippen molar-refractivity contribution >= 4 is 0 Å². The van der Waals surface area contributed by atoms with Crippen molar-refractivity contribution in [3.63, 3.8) is 0 Å². The van der Waals surface area contributed by atoms with Gasteiger partial charge in [-0.15, -0.1) is 0 Å². The summed E-state index contributed by atoms with van der Waals surface area (Å²) in [6.45, 7) is 2.84. The van der Waals surface area contributed by atoms with Gasteiger partial charge in [0.05, 0.1) is 6.54 Å². The molecular formula is C7H17N3O. The molecule has 11 heavy (non-hydrogen) atoms. The number of aliphatic hydroxyl groups excluding tert-OH is 1. The molecule has 0 aromatic heterocycles. The van der Waals surface area contributed by atoms with Crippen molar-refractivity contribution < 1.29 is 5.11 Å². The molecule has 0 atom stereocenters. The summed E-state index contributed by atoms with van der Waals surface area (Å²) < 4.78 is 0. The highest BCUT2D eigenvalue weighted by molar-refractivity contribution is 4.40. The lowest BCUT2D eigenvalue weighted by molar-refractivity contribution is 0.127. The Hall–Kier alpha value is -0.640. The van der Waals surface area contributed by atoms with Gasteiger partial charge in [-0.1, -0.05) is 25.0 Å². The van der Waals surface area contributed by atoms with Crippen LogP contribution >= 0.6 is 0 Å². The first-order valence-corrected chi connectivity index (χ1v) is 4.00. The molecule has 0 saturated carbocycles. The predicted molar refractivity (Wildman–Crippen MR) is 44.1 cm³/mol. The Morgan fingerprint density at radius 3 is 2.64 bits per heavy atom.